The molecule has 0 amide bonds. The summed E-state index contributed by atoms with van der Waals surface area (Å²) in [5.74, 6) is 0. The Kier molecular flexibility index (Phi) is 4.35. The zero-order valence-electron chi connectivity index (χ0n) is 10.9. The van der Waals surface area contributed by atoms with Crippen molar-refractivity contribution in [3.8, 4) is 0 Å². The van der Waals surface area contributed by atoms with Crippen molar-refractivity contribution in [1.82, 2.24) is 10.2 Å². The second-order valence-corrected chi connectivity index (χ2v) is 5.66. The molecule has 1 saturated heterocycles. The fourth-order valence-corrected chi connectivity index (χ4v) is 2.07. The maximum atomic E-state index is 3.61. The molecule has 2 heteroatoms. The van der Waals surface area contributed by atoms with Crippen molar-refractivity contribution in [2.24, 2.45) is 0 Å². The normalized spacial score (nSPS) is 27.1. The van der Waals surface area contributed by atoms with Gasteiger partial charge in [0.2, 0.25) is 0 Å². The minimum absolute atomic E-state index is 0.250. The Morgan fingerprint density at radius 3 is 2.73 bits per heavy atom. The van der Waals surface area contributed by atoms with Gasteiger partial charge in [-0.1, -0.05) is 11.6 Å². The average Bonchev–Trinajstić information content (AvgIpc) is 2.22. The van der Waals surface area contributed by atoms with Crippen LogP contribution in [0.3, 0.4) is 0 Å². The maximum Gasteiger partial charge on any atom is 0.0252 e. The fourth-order valence-electron chi connectivity index (χ4n) is 2.07. The predicted octanol–water partition coefficient (Wildman–Crippen LogP) is 2.42. The fraction of sp³-hybridized carbons (Fsp3) is 0.846. The van der Waals surface area contributed by atoms with E-state index in [0.717, 1.165) is 19.6 Å². The molecule has 15 heavy (non-hydrogen) atoms. The molecular formula is C13H26N2. The van der Waals surface area contributed by atoms with Crippen LogP contribution in [-0.2, 0) is 0 Å². The number of hydrogen-bond acceptors (Lipinski definition) is 2. The smallest absolute Gasteiger partial charge is 0.0252 e. The minimum atomic E-state index is 0.250. The van der Waals surface area contributed by atoms with E-state index in [1.165, 1.54) is 12.0 Å². The van der Waals surface area contributed by atoms with E-state index in [9.17, 15) is 0 Å². The molecule has 0 aromatic carbocycles. The van der Waals surface area contributed by atoms with E-state index in [-0.39, 0.29) is 5.54 Å². The van der Waals surface area contributed by atoms with Gasteiger partial charge in [0.25, 0.3) is 0 Å². The molecule has 1 aliphatic heterocycles. The van der Waals surface area contributed by atoms with Crippen LogP contribution in [-0.4, -0.2) is 36.1 Å². The van der Waals surface area contributed by atoms with Crippen LogP contribution >= 0.6 is 0 Å². The third-order valence-electron chi connectivity index (χ3n) is 3.12. The highest BCUT2D eigenvalue weighted by Gasteiger charge is 2.26. The molecule has 1 N–H and O–H groups in total. The lowest BCUT2D eigenvalue weighted by Gasteiger charge is -2.32. The lowest BCUT2D eigenvalue weighted by atomic mass is 10.1. The summed E-state index contributed by atoms with van der Waals surface area (Å²) in [6, 6.07) is 0.690. The maximum absolute atomic E-state index is 3.61. The summed E-state index contributed by atoms with van der Waals surface area (Å²) in [5, 5.41) is 3.61. The number of nitrogens with one attached hydrogen (secondary N) is 1. The molecule has 0 bridgehead atoms. The van der Waals surface area contributed by atoms with Crippen molar-refractivity contribution in [2.75, 3.05) is 19.6 Å². The lowest BCUT2D eigenvalue weighted by molar-refractivity contribution is 0.200. The van der Waals surface area contributed by atoms with Crippen molar-refractivity contribution in [1.29, 1.82) is 0 Å². The Morgan fingerprint density at radius 1 is 1.47 bits per heavy atom. The molecule has 0 aliphatic carbocycles. The SMILES string of the molecule is CC(C)=CCN1CC(C)(C)NCCC1C. The molecule has 0 aromatic heterocycles. The number of rotatable bonds is 2. The highest BCUT2D eigenvalue weighted by atomic mass is 15.2. The zero-order valence-corrected chi connectivity index (χ0v) is 10.9. The summed E-state index contributed by atoms with van der Waals surface area (Å²) in [6.45, 7) is 14.6. The van der Waals surface area contributed by atoms with Gasteiger partial charge < -0.3 is 5.32 Å². The first-order chi connectivity index (χ1) is 6.91. The molecule has 88 valence electrons. The van der Waals surface area contributed by atoms with E-state index in [1.54, 1.807) is 0 Å². The van der Waals surface area contributed by atoms with Crippen LogP contribution in [0.4, 0.5) is 0 Å². The standard InChI is InChI=1S/C13H26N2/c1-11(2)7-9-15-10-13(4,5)14-8-6-12(15)3/h7,12,14H,6,8-10H2,1-5H3. The van der Waals surface area contributed by atoms with Gasteiger partial charge in [-0.25, -0.2) is 0 Å². The summed E-state index contributed by atoms with van der Waals surface area (Å²) in [4.78, 5) is 2.58. The molecule has 0 aromatic rings. The van der Waals surface area contributed by atoms with Gasteiger partial charge in [-0.05, 0) is 47.6 Å². The average molecular weight is 210 g/mol. The zero-order chi connectivity index (χ0) is 11.5. The van der Waals surface area contributed by atoms with Gasteiger partial charge in [0.05, 0.1) is 0 Å². The monoisotopic (exact) mass is 210 g/mol. The van der Waals surface area contributed by atoms with Crippen LogP contribution in [0.5, 0.6) is 0 Å². The van der Waals surface area contributed by atoms with Crippen LogP contribution in [0.25, 0.3) is 0 Å². The molecule has 2 nitrogen and oxygen atoms in total. The molecule has 1 heterocycles. The summed E-state index contributed by atoms with van der Waals surface area (Å²) in [6.07, 6.45) is 3.58. The Bertz CT molecular complexity index is 227. The van der Waals surface area contributed by atoms with E-state index >= 15 is 0 Å². The first kappa shape index (κ1) is 12.7. The molecular weight excluding hydrogens is 184 g/mol. The summed E-state index contributed by atoms with van der Waals surface area (Å²) in [7, 11) is 0. The third-order valence-corrected chi connectivity index (χ3v) is 3.12. The molecule has 1 atom stereocenters. The second-order valence-electron chi connectivity index (χ2n) is 5.66. The van der Waals surface area contributed by atoms with Gasteiger partial charge in [-0.15, -0.1) is 0 Å². The van der Waals surface area contributed by atoms with Crippen molar-refractivity contribution in [2.45, 2.75) is 52.6 Å². The topological polar surface area (TPSA) is 15.3 Å². The summed E-state index contributed by atoms with van der Waals surface area (Å²) < 4.78 is 0. The van der Waals surface area contributed by atoms with Crippen molar-refractivity contribution < 1.29 is 0 Å². The van der Waals surface area contributed by atoms with Crippen LogP contribution < -0.4 is 5.32 Å². The predicted molar refractivity (Wildman–Crippen MR) is 67.2 cm³/mol. The second kappa shape index (κ2) is 5.13. The van der Waals surface area contributed by atoms with E-state index in [2.05, 4.69) is 50.9 Å². The van der Waals surface area contributed by atoms with Crippen LogP contribution in [0.1, 0.15) is 41.0 Å². The van der Waals surface area contributed by atoms with Crippen LogP contribution in [0, 0.1) is 0 Å². The first-order valence-electron chi connectivity index (χ1n) is 6.03. The molecule has 1 rings (SSSR count). The van der Waals surface area contributed by atoms with Gasteiger partial charge >= 0.3 is 0 Å². The molecule has 0 saturated carbocycles. The number of hydrogen-bond donors (Lipinski definition) is 1. The largest absolute Gasteiger partial charge is 0.310 e. The molecule has 0 radical (unpaired) electrons. The van der Waals surface area contributed by atoms with Gasteiger partial charge in [-0.2, -0.15) is 0 Å². The molecule has 1 aliphatic rings. The van der Waals surface area contributed by atoms with Crippen molar-refractivity contribution in [3.63, 3.8) is 0 Å². The van der Waals surface area contributed by atoms with E-state index < -0.39 is 0 Å². The molecule has 0 spiro atoms. The van der Waals surface area contributed by atoms with Crippen molar-refractivity contribution in [3.05, 3.63) is 11.6 Å². The summed E-state index contributed by atoms with van der Waals surface area (Å²) in [5.41, 5.74) is 1.66. The first-order valence-corrected chi connectivity index (χ1v) is 6.03. The van der Waals surface area contributed by atoms with Gasteiger partial charge in [0.15, 0.2) is 0 Å². The van der Waals surface area contributed by atoms with E-state index in [0.29, 0.717) is 6.04 Å². The Hall–Kier alpha value is -0.340. The number of nitrogens with zero attached hydrogens (tertiary/aromatic N) is 1. The highest BCUT2D eigenvalue weighted by Crippen LogP contribution is 2.15. The number of allylic oxidation sites excluding steroid dienone is 1. The highest BCUT2D eigenvalue weighted by molar-refractivity contribution is 4.97. The van der Waals surface area contributed by atoms with Crippen LogP contribution in [0.2, 0.25) is 0 Å². The third kappa shape index (κ3) is 4.35. The lowest BCUT2D eigenvalue weighted by Crippen LogP contribution is -2.47. The molecule has 1 unspecified atom stereocenters. The van der Waals surface area contributed by atoms with E-state index in [1.807, 2.05) is 0 Å². The molecule has 1 fully saturated rings. The Balaban J connectivity index is 2.62. The Labute approximate surface area is 94.7 Å². The summed E-state index contributed by atoms with van der Waals surface area (Å²) >= 11 is 0. The van der Waals surface area contributed by atoms with Gasteiger partial charge in [0, 0.05) is 24.7 Å². The van der Waals surface area contributed by atoms with Crippen molar-refractivity contribution >= 4 is 0 Å². The van der Waals surface area contributed by atoms with E-state index in [4.69, 9.17) is 0 Å². The van der Waals surface area contributed by atoms with Gasteiger partial charge in [-0.3, -0.25) is 4.90 Å². The van der Waals surface area contributed by atoms with Gasteiger partial charge in [0.1, 0.15) is 0 Å². The minimum Gasteiger partial charge on any atom is -0.310 e. The van der Waals surface area contributed by atoms with Crippen LogP contribution in [0.15, 0.2) is 11.6 Å². The quantitative estimate of drug-likeness (QED) is 0.704. The Morgan fingerprint density at radius 2 is 2.13 bits per heavy atom.